The first-order valence-electron chi connectivity index (χ1n) is 8.22. The average Bonchev–Trinajstić information content (AvgIpc) is 2.45. The van der Waals surface area contributed by atoms with E-state index in [1.165, 1.54) is 12.1 Å². The molecule has 0 spiro atoms. The maximum Gasteiger partial charge on any atom is 0.227 e. The third-order valence-electron chi connectivity index (χ3n) is 4.16. The molecule has 0 saturated carbocycles. The van der Waals surface area contributed by atoms with E-state index < -0.39 is 0 Å². The van der Waals surface area contributed by atoms with Gasteiger partial charge in [-0.25, -0.2) is 4.39 Å². The fourth-order valence-electron chi connectivity index (χ4n) is 3.11. The van der Waals surface area contributed by atoms with E-state index in [1.807, 2.05) is 13.8 Å². The van der Waals surface area contributed by atoms with Crippen molar-refractivity contribution in [1.82, 2.24) is 5.32 Å². The third kappa shape index (κ3) is 4.53. The zero-order chi connectivity index (χ0) is 17.0. The quantitative estimate of drug-likeness (QED) is 0.875. The predicted octanol–water partition coefficient (Wildman–Crippen LogP) is 3.19. The van der Waals surface area contributed by atoms with Crippen LogP contribution in [-0.2, 0) is 16.0 Å². The van der Waals surface area contributed by atoms with E-state index in [-0.39, 0.29) is 29.6 Å². The minimum Gasteiger partial charge on any atom is -0.351 e. The topological polar surface area (TPSA) is 49.4 Å². The second kappa shape index (κ2) is 7.11. The number of hydrogen-bond acceptors (Lipinski definition) is 2. The van der Waals surface area contributed by atoms with Crippen LogP contribution in [0.2, 0.25) is 0 Å². The number of aryl methyl sites for hydroxylation is 1. The van der Waals surface area contributed by atoms with Gasteiger partial charge >= 0.3 is 0 Å². The number of carbonyl (C=O) groups excluding carboxylic acids is 2. The van der Waals surface area contributed by atoms with Crippen LogP contribution in [-0.4, -0.2) is 23.9 Å². The second-order valence-electron chi connectivity index (χ2n) is 6.75. The maximum atomic E-state index is 13.3. The maximum absolute atomic E-state index is 13.3. The lowest BCUT2D eigenvalue weighted by molar-refractivity contribution is -0.122. The third-order valence-corrected chi connectivity index (χ3v) is 4.16. The number of carbonyl (C=O) groups is 2. The standard InChI is InChI=1S/C18H25FN2O2/c1-4-10-18(2,3)20-16(22)9-11-21-15-7-6-14(19)12-13(15)5-8-17(21)23/h6-7,12H,4-5,8-11H2,1-3H3,(H,20,22). The molecule has 2 rings (SSSR count). The van der Waals surface area contributed by atoms with E-state index in [2.05, 4.69) is 12.2 Å². The molecule has 23 heavy (non-hydrogen) atoms. The van der Waals surface area contributed by atoms with Crippen molar-refractivity contribution in [3.63, 3.8) is 0 Å². The predicted molar refractivity (Wildman–Crippen MR) is 88.8 cm³/mol. The molecule has 0 fully saturated rings. The molecule has 1 aliphatic heterocycles. The van der Waals surface area contributed by atoms with E-state index >= 15 is 0 Å². The van der Waals surface area contributed by atoms with Crippen molar-refractivity contribution < 1.29 is 14.0 Å². The lowest BCUT2D eigenvalue weighted by atomic mass is 9.98. The molecule has 1 heterocycles. The largest absolute Gasteiger partial charge is 0.351 e. The first-order chi connectivity index (χ1) is 10.8. The molecule has 4 nitrogen and oxygen atoms in total. The van der Waals surface area contributed by atoms with Crippen molar-refractivity contribution in [1.29, 1.82) is 0 Å². The molecule has 0 atom stereocenters. The van der Waals surface area contributed by atoms with Gasteiger partial charge in [-0.3, -0.25) is 9.59 Å². The van der Waals surface area contributed by atoms with Gasteiger partial charge in [-0.05, 0) is 50.5 Å². The van der Waals surface area contributed by atoms with E-state index in [0.29, 0.717) is 19.4 Å². The fraction of sp³-hybridized carbons (Fsp3) is 0.556. The lowest BCUT2D eigenvalue weighted by Crippen LogP contribution is -2.45. The van der Waals surface area contributed by atoms with Crippen LogP contribution in [0.25, 0.3) is 0 Å². The number of nitrogens with zero attached hydrogens (tertiary/aromatic N) is 1. The highest BCUT2D eigenvalue weighted by atomic mass is 19.1. The Labute approximate surface area is 137 Å². The van der Waals surface area contributed by atoms with Crippen molar-refractivity contribution in [2.24, 2.45) is 0 Å². The van der Waals surface area contributed by atoms with Crippen LogP contribution in [0, 0.1) is 5.82 Å². The van der Waals surface area contributed by atoms with Crippen LogP contribution >= 0.6 is 0 Å². The number of amides is 2. The fourth-order valence-corrected chi connectivity index (χ4v) is 3.11. The summed E-state index contributed by atoms with van der Waals surface area (Å²) < 4.78 is 13.3. The Morgan fingerprint density at radius 2 is 2.09 bits per heavy atom. The van der Waals surface area contributed by atoms with Gasteiger partial charge in [0.15, 0.2) is 0 Å². The number of hydrogen-bond donors (Lipinski definition) is 1. The summed E-state index contributed by atoms with van der Waals surface area (Å²) in [5.74, 6) is -0.368. The van der Waals surface area contributed by atoms with Crippen LogP contribution in [0.15, 0.2) is 18.2 Å². The zero-order valence-corrected chi connectivity index (χ0v) is 14.1. The normalized spacial score (nSPS) is 14.6. The minimum atomic E-state index is -0.294. The van der Waals surface area contributed by atoms with Gasteiger partial charge in [0.05, 0.1) is 0 Å². The highest BCUT2D eigenvalue weighted by molar-refractivity contribution is 5.97. The first-order valence-corrected chi connectivity index (χ1v) is 8.22. The molecule has 5 heteroatoms. The van der Waals surface area contributed by atoms with Crippen molar-refractivity contribution in [2.75, 3.05) is 11.4 Å². The van der Waals surface area contributed by atoms with Gasteiger partial charge in [0.2, 0.25) is 11.8 Å². The molecule has 1 aliphatic rings. The van der Waals surface area contributed by atoms with Crippen LogP contribution in [0.3, 0.4) is 0 Å². The summed E-state index contributed by atoms with van der Waals surface area (Å²) in [6.07, 6.45) is 3.06. The lowest BCUT2D eigenvalue weighted by Gasteiger charge is -2.30. The molecule has 1 aromatic carbocycles. The van der Waals surface area contributed by atoms with Crippen LogP contribution in [0.4, 0.5) is 10.1 Å². The van der Waals surface area contributed by atoms with Crippen molar-refractivity contribution in [2.45, 2.75) is 58.4 Å². The molecule has 1 aromatic rings. The Balaban J connectivity index is 2.00. The molecule has 0 aliphatic carbocycles. The molecule has 0 unspecified atom stereocenters. The Morgan fingerprint density at radius 3 is 2.78 bits per heavy atom. The number of nitrogens with one attached hydrogen (secondary N) is 1. The van der Waals surface area contributed by atoms with Crippen LogP contribution in [0.5, 0.6) is 0 Å². The molecule has 0 aromatic heterocycles. The molecule has 0 bridgehead atoms. The van der Waals surface area contributed by atoms with Gasteiger partial charge in [-0.2, -0.15) is 0 Å². The van der Waals surface area contributed by atoms with E-state index in [1.54, 1.807) is 11.0 Å². The van der Waals surface area contributed by atoms with Gasteiger partial charge in [-0.15, -0.1) is 0 Å². The smallest absolute Gasteiger partial charge is 0.227 e. The Bertz CT molecular complexity index is 599. The highest BCUT2D eigenvalue weighted by Gasteiger charge is 2.26. The van der Waals surface area contributed by atoms with E-state index in [0.717, 1.165) is 24.1 Å². The number of benzene rings is 1. The van der Waals surface area contributed by atoms with Crippen molar-refractivity contribution >= 4 is 17.5 Å². The van der Waals surface area contributed by atoms with Crippen molar-refractivity contribution in [3.8, 4) is 0 Å². The number of fused-ring (bicyclic) bond motifs is 1. The summed E-state index contributed by atoms with van der Waals surface area (Å²) in [6.45, 7) is 6.40. The van der Waals surface area contributed by atoms with Crippen LogP contribution < -0.4 is 10.2 Å². The van der Waals surface area contributed by atoms with E-state index in [4.69, 9.17) is 0 Å². The first kappa shape index (κ1) is 17.4. The molecular formula is C18H25FN2O2. The minimum absolute atomic E-state index is 0.00951. The number of halogens is 1. The van der Waals surface area contributed by atoms with Gasteiger partial charge in [0, 0.05) is 30.6 Å². The zero-order valence-electron chi connectivity index (χ0n) is 14.1. The molecular weight excluding hydrogens is 295 g/mol. The molecule has 0 saturated heterocycles. The van der Waals surface area contributed by atoms with Gasteiger partial charge in [0.1, 0.15) is 5.82 Å². The van der Waals surface area contributed by atoms with Crippen LogP contribution in [0.1, 0.15) is 52.0 Å². The molecule has 126 valence electrons. The Morgan fingerprint density at radius 1 is 1.35 bits per heavy atom. The summed E-state index contributed by atoms with van der Waals surface area (Å²) in [7, 11) is 0. The highest BCUT2D eigenvalue weighted by Crippen LogP contribution is 2.28. The monoisotopic (exact) mass is 320 g/mol. The second-order valence-corrected chi connectivity index (χ2v) is 6.75. The van der Waals surface area contributed by atoms with Gasteiger partial charge < -0.3 is 10.2 Å². The summed E-state index contributed by atoms with van der Waals surface area (Å²) in [4.78, 5) is 25.9. The summed E-state index contributed by atoms with van der Waals surface area (Å²) in [6, 6.07) is 4.45. The van der Waals surface area contributed by atoms with E-state index in [9.17, 15) is 14.0 Å². The Hall–Kier alpha value is -1.91. The van der Waals surface area contributed by atoms with Gasteiger partial charge in [0.25, 0.3) is 0 Å². The molecule has 0 radical (unpaired) electrons. The SMILES string of the molecule is CCCC(C)(C)NC(=O)CCN1C(=O)CCc2cc(F)ccc21. The molecule has 2 amide bonds. The number of rotatable bonds is 6. The van der Waals surface area contributed by atoms with Crippen molar-refractivity contribution in [3.05, 3.63) is 29.6 Å². The summed E-state index contributed by atoms with van der Waals surface area (Å²) >= 11 is 0. The summed E-state index contributed by atoms with van der Waals surface area (Å²) in [5.41, 5.74) is 1.32. The average molecular weight is 320 g/mol. The number of anilines is 1. The Kier molecular flexibility index (Phi) is 5.39. The van der Waals surface area contributed by atoms with Gasteiger partial charge in [-0.1, -0.05) is 13.3 Å². The summed E-state index contributed by atoms with van der Waals surface area (Å²) in [5, 5.41) is 3.01. The molecule has 1 N–H and O–H groups in total.